The monoisotopic (exact) mass is 364 g/mol. The van der Waals surface area contributed by atoms with Gasteiger partial charge in [-0.3, -0.25) is 9.40 Å². The highest BCUT2D eigenvalue weighted by atomic mass is 16.7. The fraction of sp³-hybridized carbons (Fsp3) is 0.522. The van der Waals surface area contributed by atoms with E-state index in [1.54, 1.807) is 11.7 Å². The molecule has 4 heteroatoms. The Kier molecular flexibility index (Phi) is 4.97. The third kappa shape index (κ3) is 2.95. The number of hydrogen-bond donors (Lipinski definition) is 0. The maximum absolute atomic E-state index is 13.2. The summed E-state index contributed by atoms with van der Waals surface area (Å²) in [5.74, 6) is 7.54. The van der Waals surface area contributed by atoms with E-state index in [0.29, 0.717) is 5.92 Å². The number of hydroxylamine groups is 2. The molecule has 2 aliphatic rings. The van der Waals surface area contributed by atoms with Gasteiger partial charge in [-0.1, -0.05) is 62.6 Å². The molecular formula is C23H28N2O2. The fourth-order valence-electron chi connectivity index (χ4n) is 4.57. The summed E-state index contributed by atoms with van der Waals surface area (Å²) in [4.78, 5) is 18.9. The predicted octanol–water partition coefficient (Wildman–Crippen LogP) is 5.46. The van der Waals surface area contributed by atoms with E-state index in [0.717, 1.165) is 35.9 Å². The number of para-hydroxylation sites is 1. The van der Waals surface area contributed by atoms with Gasteiger partial charge in [0.1, 0.15) is 0 Å². The van der Waals surface area contributed by atoms with Gasteiger partial charge in [-0.15, -0.1) is 0 Å². The van der Waals surface area contributed by atoms with Crippen LogP contribution in [0, 0.1) is 17.8 Å². The second-order valence-electron chi connectivity index (χ2n) is 7.75. The molecule has 1 saturated carbocycles. The van der Waals surface area contributed by atoms with Crippen molar-refractivity contribution in [2.45, 2.75) is 63.8 Å². The van der Waals surface area contributed by atoms with Crippen LogP contribution < -0.4 is 0 Å². The molecule has 4 rings (SSSR count). The van der Waals surface area contributed by atoms with Gasteiger partial charge >= 0.3 is 6.03 Å². The van der Waals surface area contributed by atoms with Crippen molar-refractivity contribution in [3.05, 3.63) is 36.0 Å². The summed E-state index contributed by atoms with van der Waals surface area (Å²) in [5, 5.41) is 2.59. The molecule has 1 fully saturated rings. The summed E-state index contributed by atoms with van der Waals surface area (Å²) in [6.07, 6.45) is 9.01. The fourth-order valence-corrected chi connectivity index (χ4v) is 4.57. The summed E-state index contributed by atoms with van der Waals surface area (Å²) in [5.41, 5.74) is 1.18. The lowest BCUT2D eigenvalue weighted by atomic mass is 9.86. The van der Waals surface area contributed by atoms with Crippen LogP contribution in [-0.4, -0.2) is 22.8 Å². The van der Waals surface area contributed by atoms with E-state index in [-0.39, 0.29) is 6.03 Å². The average molecular weight is 364 g/mol. The van der Waals surface area contributed by atoms with Crippen LogP contribution in [0.5, 0.6) is 0 Å². The van der Waals surface area contributed by atoms with Crippen LogP contribution in [0.1, 0.15) is 64.0 Å². The minimum Gasteiger partial charge on any atom is -0.271 e. The molecule has 27 heavy (non-hydrogen) atoms. The van der Waals surface area contributed by atoms with E-state index >= 15 is 0 Å². The maximum Gasteiger partial charge on any atom is 0.354 e. The third-order valence-electron chi connectivity index (χ3n) is 6.01. The van der Waals surface area contributed by atoms with Crippen LogP contribution >= 0.6 is 0 Å². The standard InChI is InChI=1S/C23H28N2O2/c1-3-4-15-23(16-14-18-10-6-5-7-11-18)21-17-19-12-8-9-13-20(19)24(21)22(26)25(23)27-2/h8-9,12-13,17-18H,3-7,10-11,15H2,1-2H3. The number of benzene rings is 1. The number of carbonyl (C=O) groups is 1. The van der Waals surface area contributed by atoms with Gasteiger partial charge in [0, 0.05) is 11.3 Å². The number of nitrogens with zero attached hydrogens (tertiary/aromatic N) is 2. The molecule has 1 aliphatic carbocycles. The molecule has 0 N–H and O–H groups in total. The first kappa shape index (κ1) is 18.1. The zero-order valence-corrected chi connectivity index (χ0v) is 16.3. The van der Waals surface area contributed by atoms with Crippen molar-refractivity contribution in [1.82, 2.24) is 9.63 Å². The van der Waals surface area contributed by atoms with Crippen molar-refractivity contribution in [2.24, 2.45) is 5.92 Å². The lowest BCUT2D eigenvalue weighted by Gasteiger charge is -2.31. The summed E-state index contributed by atoms with van der Waals surface area (Å²) in [6, 6.07) is 10.0. The van der Waals surface area contributed by atoms with Crippen LogP contribution in [0.2, 0.25) is 0 Å². The number of carbonyl (C=O) groups excluding carboxylic acids is 1. The number of unbranched alkanes of at least 4 members (excludes halogenated alkanes) is 1. The Bertz CT molecular complexity index is 898. The summed E-state index contributed by atoms with van der Waals surface area (Å²) < 4.78 is 1.80. The second-order valence-corrected chi connectivity index (χ2v) is 7.75. The first-order valence-corrected chi connectivity index (χ1v) is 10.2. The summed E-state index contributed by atoms with van der Waals surface area (Å²) >= 11 is 0. The molecule has 1 aromatic carbocycles. The van der Waals surface area contributed by atoms with Gasteiger partial charge in [0.15, 0.2) is 5.54 Å². The summed E-state index contributed by atoms with van der Waals surface area (Å²) in [6.45, 7) is 2.17. The van der Waals surface area contributed by atoms with Gasteiger partial charge < -0.3 is 0 Å². The van der Waals surface area contributed by atoms with Crippen LogP contribution in [0.4, 0.5) is 4.79 Å². The van der Waals surface area contributed by atoms with E-state index in [9.17, 15) is 4.79 Å². The molecule has 2 aromatic rings. The maximum atomic E-state index is 13.2. The van der Waals surface area contributed by atoms with E-state index in [1.807, 2.05) is 18.2 Å². The molecule has 0 spiro atoms. The Morgan fingerprint density at radius 3 is 2.74 bits per heavy atom. The Morgan fingerprint density at radius 2 is 2.00 bits per heavy atom. The van der Waals surface area contributed by atoms with Gasteiger partial charge in [0.05, 0.1) is 18.3 Å². The molecule has 0 bridgehead atoms. The Hall–Kier alpha value is -2.25. The molecule has 142 valence electrons. The van der Waals surface area contributed by atoms with Crippen molar-refractivity contribution in [1.29, 1.82) is 0 Å². The van der Waals surface area contributed by atoms with E-state index in [4.69, 9.17) is 4.84 Å². The lowest BCUT2D eigenvalue weighted by Crippen LogP contribution is -2.42. The quantitative estimate of drug-likeness (QED) is 0.676. The van der Waals surface area contributed by atoms with Crippen LogP contribution in [-0.2, 0) is 10.4 Å². The van der Waals surface area contributed by atoms with E-state index < -0.39 is 5.54 Å². The van der Waals surface area contributed by atoms with Crippen LogP contribution in [0.25, 0.3) is 10.9 Å². The zero-order valence-electron chi connectivity index (χ0n) is 16.3. The average Bonchev–Trinajstić information content (AvgIpc) is 3.20. The number of amides is 1. The normalized spacial score (nSPS) is 22.7. The zero-order chi connectivity index (χ0) is 18.9. The number of fused-ring (bicyclic) bond motifs is 3. The van der Waals surface area contributed by atoms with E-state index in [2.05, 4.69) is 30.9 Å². The number of aromatic nitrogens is 1. The Balaban J connectivity index is 1.86. The molecule has 1 amide bonds. The highest BCUT2D eigenvalue weighted by molar-refractivity contribution is 5.96. The van der Waals surface area contributed by atoms with Gasteiger partial charge in [0.2, 0.25) is 0 Å². The molecule has 0 saturated heterocycles. The molecule has 1 aliphatic heterocycles. The highest BCUT2D eigenvalue weighted by Gasteiger charge is 2.51. The van der Waals surface area contributed by atoms with Gasteiger partial charge in [-0.2, -0.15) is 5.06 Å². The Morgan fingerprint density at radius 1 is 1.22 bits per heavy atom. The largest absolute Gasteiger partial charge is 0.354 e. The van der Waals surface area contributed by atoms with Crippen molar-refractivity contribution in [3.8, 4) is 11.8 Å². The Labute approximate surface area is 161 Å². The van der Waals surface area contributed by atoms with Crippen molar-refractivity contribution in [3.63, 3.8) is 0 Å². The third-order valence-corrected chi connectivity index (χ3v) is 6.01. The SMILES string of the molecule is CCCCC1(C#CC2CCCCC2)c2cc3ccccc3n2C(=O)N1OC. The molecule has 4 nitrogen and oxygen atoms in total. The minimum absolute atomic E-state index is 0.136. The van der Waals surface area contributed by atoms with E-state index in [1.165, 1.54) is 37.2 Å². The van der Waals surface area contributed by atoms with Gasteiger partial charge in [-0.25, -0.2) is 4.79 Å². The molecule has 1 aromatic heterocycles. The molecular weight excluding hydrogens is 336 g/mol. The van der Waals surface area contributed by atoms with Crippen LogP contribution in [0.3, 0.4) is 0 Å². The van der Waals surface area contributed by atoms with Gasteiger partial charge in [-0.05, 0) is 37.8 Å². The highest BCUT2D eigenvalue weighted by Crippen LogP contribution is 2.43. The van der Waals surface area contributed by atoms with Gasteiger partial charge in [0.25, 0.3) is 0 Å². The molecule has 2 heterocycles. The lowest BCUT2D eigenvalue weighted by molar-refractivity contribution is -0.134. The topological polar surface area (TPSA) is 34.5 Å². The number of hydrogen-bond acceptors (Lipinski definition) is 2. The van der Waals surface area contributed by atoms with Crippen molar-refractivity contribution >= 4 is 16.9 Å². The first-order chi connectivity index (χ1) is 13.2. The molecule has 1 atom stereocenters. The summed E-state index contributed by atoms with van der Waals surface area (Å²) in [7, 11) is 1.58. The second kappa shape index (κ2) is 7.40. The minimum atomic E-state index is -0.696. The van der Waals surface area contributed by atoms with Crippen LogP contribution in [0.15, 0.2) is 30.3 Å². The first-order valence-electron chi connectivity index (χ1n) is 10.2. The molecule has 0 radical (unpaired) electrons. The predicted molar refractivity (Wildman–Crippen MR) is 107 cm³/mol. The van der Waals surface area contributed by atoms with Crippen molar-refractivity contribution < 1.29 is 9.63 Å². The van der Waals surface area contributed by atoms with Crippen molar-refractivity contribution in [2.75, 3.05) is 7.11 Å². The number of rotatable bonds is 4. The smallest absolute Gasteiger partial charge is 0.271 e. The molecule has 1 unspecified atom stereocenters.